The Morgan fingerprint density at radius 1 is 1.41 bits per heavy atom. The number of nitrogens with zero attached hydrogens (tertiary/aromatic N) is 1. The van der Waals surface area contributed by atoms with E-state index in [1.165, 1.54) is 11.1 Å². The summed E-state index contributed by atoms with van der Waals surface area (Å²) in [4.78, 5) is 4.68. The smallest absolute Gasteiger partial charge is 0.0668 e. The summed E-state index contributed by atoms with van der Waals surface area (Å²) in [7, 11) is 0. The lowest BCUT2D eigenvalue weighted by atomic mass is 10.1. The Balaban J connectivity index is 2.37. The number of hydrogen-bond acceptors (Lipinski definition) is 2. The van der Waals surface area contributed by atoms with Crippen molar-refractivity contribution in [1.29, 1.82) is 0 Å². The van der Waals surface area contributed by atoms with Crippen LogP contribution >= 0.6 is 12.2 Å². The topological polar surface area (TPSA) is 12.4 Å². The molecule has 0 spiro atoms. The van der Waals surface area contributed by atoms with E-state index in [1.54, 1.807) is 5.37 Å². The van der Waals surface area contributed by atoms with Crippen molar-refractivity contribution < 1.29 is 0 Å². The van der Waals surface area contributed by atoms with Gasteiger partial charge in [0.2, 0.25) is 0 Å². The first-order valence-electron chi connectivity index (χ1n) is 5.69. The average Bonchev–Trinajstić information content (AvgIpc) is 2.85. The van der Waals surface area contributed by atoms with Crippen LogP contribution in [-0.4, -0.2) is 11.1 Å². The molecule has 0 bridgehead atoms. The third-order valence-corrected chi connectivity index (χ3v) is 3.12. The van der Waals surface area contributed by atoms with Crippen molar-refractivity contribution in [1.82, 2.24) is 0 Å². The Kier molecular flexibility index (Phi) is 3.64. The van der Waals surface area contributed by atoms with E-state index in [0.717, 1.165) is 23.4 Å². The van der Waals surface area contributed by atoms with Crippen LogP contribution in [0, 0.1) is 6.92 Å². The van der Waals surface area contributed by atoms with Crippen molar-refractivity contribution >= 4 is 29.0 Å². The van der Waals surface area contributed by atoms with Gasteiger partial charge in [-0.05, 0) is 43.0 Å². The van der Waals surface area contributed by atoms with E-state index in [-0.39, 0.29) is 0 Å². The molecule has 2 heteroatoms. The van der Waals surface area contributed by atoms with E-state index in [2.05, 4.69) is 36.2 Å². The maximum absolute atomic E-state index is 4.95. The summed E-state index contributed by atoms with van der Waals surface area (Å²) in [5.41, 5.74) is 5.49. The summed E-state index contributed by atoms with van der Waals surface area (Å²) in [5, 5.41) is 1.68. The highest BCUT2D eigenvalue weighted by Gasteiger charge is 2.03. The van der Waals surface area contributed by atoms with Crippen LogP contribution in [0.5, 0.6) is 0 Å². The average molecular weight is 241 g/mol. The second-order valence-electron chi connectivity index (χ2n) is 4.16. The molecule has 1 aromatic carbocycles. The van der Waals surface area contributed by atoms with Gasteiger partial charge in [0, 0.05) is 11.1 Å². The summed E-state index contributed by atoms with van der Waals surface area (Å²) in [5.74, 6) is 0. The zero-order valence-electron chi connectivity index (χ0n) is 10.1. The highest BCUT2D eigenvalue weighted by atomic mass is 32.1. The van der Waals surface area contributed by atoms with Crippen LogP contribution < -0.4 is 0 Å². The molecule has 0 atom stereocenters. The Bertz CT molecular complexity index is 536. The summed E-state index contributed by atoms with van der Waals surface area (Å²) in [6.45, 7) is 4.11. The molecule has 17 heavy (non-hydrogen) atoms. The van der Waals surface area contributed by atoms with E-state index in [4.69, 9.17) is 12.2 Å². The second-order valence-corrected chi connectivity index (χ2v) is 4.39. The van der Waals surface area contributed by atoms with Crippen LogP contribution in [0.15, 0.2) is 47.0 Å². The molecule has 1 aliphatic rings. The highest BCUT2D eigenvalue weighted by Crippen LogP contribution is 2.22. The highest BCUT2D eigenvalue weighted by molar-refractivity contribution is 7.79. The molecule has 0 radical (unpaired) electrons. The normalized spacial score (nSPS) is 14.9. The maximum atomic E-state index is 4.95. The van der Waals surface area contributed by atoms with Crippen molar-refractivity contribution in [2.45, 2.75) is 20.3 Å². The summed E-state index contributed by atoms with van der Waals surface area (Å²) in [6.07, 6.45) is 7.48. The maximum Gasteiger partial charge on any atom is 0.0668 e. The third-order valence-electron chi connectivity index (χ3n) is 2.85. The SMILES string of the molecule is CC(=Nc1cc(C=S)ccc1C)C1=CCC=C1. The molecule has 0 aliphatic heterocycles. The number of aryl methyl sites for hydroxylation is 1. The van der Waals surface area contributed by atoms with Gasteiger partial charge in [0.15, 0.2) is 0 Å². The Hall–Kier alpha value is -1.54. The third kappa shape index (κ3) is 2.77. The van der Waals surface area contributed by atoms with E-state index in [9.17, 15) is 0 Å². The molecule has 0 fully saturated rings. The van der Waals surface area contributed by atoms with Gasteiger partial charge in [-0.15, -0.1) is 0 Å². The van der Waals surface area contributed by atoms with Gasteiger partial charge >= 0.3 is 0 Å². The molecule has 0 aromatic heterocycles. The van der Waals surface area contributed by atoms with Crippen molar-refractivity contribution in [3.05, 3.63) is 53.1 Å². The van der Waals surface area contributed by atoms with Crippen LogP contribution in [-0.2, 0) is 0 Å². The molecule has 86 valence electrons. The Morgan fingerprint density at radius 2 is 2.24 bits per heavy atom. The minimum atomic E-state index is 1.00. The summed E-state index contributed by atoms with van der Waals surface area (Å²) in [6, 6.07) is 6.11. The largest absolute Gasteiger partial charge is 0.253 e. The Labute approximate surface area is 108 Å². The fourth-order valence-electron chi connectivity index (χ4n) is 1.79. The molecular formula is C15H15NS. The molecule has 0 amide bonds. The monoisotopic (exact) mass is 241 g/mol. The molecule has 0 unspecified atom stereocenters. The minimum Gasteiger partial charge on any atom is -0.253 e. The van der Waals surface area contributed by atoms with E-state index in [1.807, 2.05) is 19.1 Å². The van der Waals surface area contributed by atoms with Gasteiger partial charge in [-0.25, -0.2) is 0 Å². The molecule has 1 aromatic rings. The molecule has 2 rings (SSSR count). The van der Waals surface area contributed by atoms with Gasteiger partial charge in [-0.3, -0.25) is 4.99 Å². The fourth-order valence-corrected chi connectivity index (χ4v) is 1.94. The first-order chi connectivity index (χ1) is 8.20. The first kappa shape index (κ1) is 11.9. The fraction of sp³-hybridized carbons (Fsp3) is 0.200. The molecule has 1 nitrogen and oxygen atoms in total. The second kappa shape index (κ2) is 5.19. The van der Waals surface area contributed by atoms with Crippen LogP contribution in [0.25, 0.3) is 0 Å². The van der Waals surface area contributed by atoms with Gasteiger partial charge in [0.05, 0.1) is 5.69 Å². The van der Waals surface area contributed by atoms with Crippen LogP contribution in [0.1, 0.15) is 24.5 Å². The first-order valence-corrected chi connectivity index (χ1v) is 6.16. The molecule has 1 aliphatic carbocycles. The molecule has 0 heterocycles. The number of aliphatic imine (C=N–C) groups is 1. The lowest BCUT2D eigenvalue weighted by molar-refractivity contribution is 1.38. The predicted octanol–water partition coefficient (Wildman–Crippen LogP) is 4.32. The number of benzene rings is 1. The van der Waals surface area contributed by atoms with Crippen LogP contribution in [0.3, 0.4) is 0 Å². The van der Waals surface area contributed by atoms with Crippen LogP contribution in [0.4, 0.5) is 5.69 Å². The number of thiocarbonyl (C=S) groups is 1. The van der Waals surface area contributed by atoms with Crippen molar-refractivity contribution in [2.24, 2.45) is 4.99 Å². The lowest BCUT2D eigenvalue weighted by Crippen LogP contribution is -1.93. The van der Waals surface area contributed by atoms with Crippen molar-refractivity contribution in [2.75, 3.05) is 0 Å². The zero-order chi connectivity index (χ0) is 12.3. The molecule has 0 saturated carbocycles. The van der Waals surface area contributed by atoms with Gasteiger partial charge in [-0.2, -0.15) is 0 Å². The quantitative estimate of drug-likeness (QED) is 0.567. The number of hydrogen-bond donors (Lipinski definition) is 0. The molecule has 0 N–H and O–H groups in total. The van der Waals surface area contributed by atoms with Crippen molar-refractivity contribution in [3.63, 3.8) is 0 Å². The van der Waals surface area contributed by atoms with Gasteiger partial charge < -0.3 is 0 Å². The minimum absolute atomic E-state index is 1.00. The molecular weight excluding hydrogens is 226 g/mol. The predicted molar refractivity (Wildman–Crippen MR) is 78.5 cm³/mol. The lowest BCUT2D eigenvalue weighted by Gasteiger charge is -2.04. The van der Waals surface area contributed by atoms with E-state index in [0.29, 0.717) is 0 Å². The standard InChI is InChI=1S/C15H15NS/c1-11-7-8-13(10-17)9-15(11)16-12(2)14-5-3-4-6-14/h3,5-10H,4H2,1-2H3. The zero-order valence-corrected chi connectivity index (χ0v) is 10.9. The van der Waals surface area contributed by atoms with E-state index < -0.39 is 0 Å². The van der Waals surface area contributed by atoms with Gasteiger partial charge in [-0.1, -0.05) is 42.6 Å². The van der Waals surface area contributed by atoms with Crippen LogP contribution in [0.2, 0.25) is 0 Å². The Morgan fingerprint density at radius 3 is 2.88 bits per heavy atom. The molecule has 0 saturated heterocycles. The number of allylic oxidation sites excluding steroid dienone is 4. The number of rotatable bonds is 3. The van der Waals surface area contributed by atoms with Gasteiger partial charge in [0.25, 0.3) is 0 Å². The summed E-state index contributed by atoms with van der Waals surface area (Å²) < 4.78 is 0. The van der Waals surface area contributed by atoms with Gasteiger partial charge in [0.1, 0.15) is 0 Å². The van der Waals surface area contributed by atoms with E-state index >= 15 is 0 Å². The van der Waals surface area contributed by atoms with Crippen molar-refractivity contribution in [3.8, 4) is 0 Å². The summed E-state index contributed by atoms with van der Waals surface area (Å²) >= 11 is 4.95.